The van der Waals surface area contributed by atoms with Gasteiger partial charge in [0.2, 0.25) is 0 Å². The van der Waals surface area contributed by atoms with Crippen LogP contribution in [0.1, 0.15) is 82.3 Å². The van der Waals surface area contributed by atoms with Gasteiger partial charge in [0, 0.05) is 90.1 Å². The third-order valence-corrected chi connectivity index (χ3v) is 19.8. The van der Waals surface area contributed by atoms with Crippen molar-refractivity contribution in [3.8, 4) is 52.6 Å². The topological polar surface area (TPSA) is 194 Å². The van der Waals surface area contributed by atoms with Crippen molar-refractivity contribution in [2.45, 2.75) is 106 Å². The molecule has 0 bridgehead atoms. The molecule has 0 amide bonds. The maximum Gasteiger partial charge on any atom is 0.417 e. The normalized spacial score (nSPS) is 27.1. The fourth-order valence-electron chi connectivity index (χ4n) is 15.4. The predicted octanol–water partition coefficient (Wildman–Crippen LogP) is 10.3. The number of aromatic hydroxyl groups is 1. The molecule has 7 aliphatic rings. The summed E-state index contributed by atoms with van der Waals surface area (Å²) >= 11 is 0. The van der Waals surface area contributed by atoms with Gasteiger partial charge in [0.25, 0.3) is 0 Å². The van der Waals surface area contributed by atoms with Crippen molar-refractivity contribution in [2.24, 2.45) is 11.3 Å². The summed E-state index contributed by atoms with van der Waals surface area (Å²) in [6, 6.07) is 9.53. The second kappa shape index (κ2) is 22.1. The van der Waals surface area contributed by atoms with Crippen LogP contribution in [0, 0.1) is 41.1 Å². The molecule has 89 heavy (non-hydrogen) atoms. The van der Waals surface area contributed by atoms with Crippen LogP contribution in [0.3, 0.4) is 0 Å². The molecule has 0 spiro atoms. The number of likely N-dealkylation sites (tertiary alicyclic amines) is 1. The van der Waals surface area contributed by atoms with Crippen LogP contribution in [-0.4, -0.2) is 168 Å². The molecule has 3 aromatic carbocycles. The summed E-state index contributed by atoms with van der Waals surface area (Å²) < 4.78 is 122. The van der Waals surface area contributed by atoms with Gasteiger partial charge < -0.3 is 49.2 Å². The number of anilines is 2. The van der Waals surface area contributed by atoms with Crippen LogP contribution in [-0.2, 0) is 10.9 Å². The molecule has 7 unspecified atom stereocenters. The zero-order valence-corrected chi connectivity index (χ0v) is 49.1. The van der Waals surface area contributed by atoms with E-state index in [9.17, 15) is 37.3 Å². The van der Waals surface area contributed by atoms with Crippen molar-refractivity contribution in [1.82, 2.24) is 44.7 Å². The highest BCUT2D eigenvalue weighted by atomic mass is 19.4. The summed E-state index contributed by atoms with van der Waals surface area (Å²) in [4.78, 5) is 38.2. The maximum absolute atomic E-state index is 16.8. The minimum atomic E-state index is -4.68. The van der Waals surface area contributed by atoms with Crippen LogP contribution in [0.25, 0.3) is 66.0 Å². The van der Waals surface area contributed by atoms with Crippen LogP contribution in [0.5, 0.6) is 17.8 Å². The number of fused-ring (bicyclic) bond motifs is 7. The van der Waals surface area contributed by atoms with E-state index in [0.717, 1.165) is 76.9 Å². The molecule has 0 radical (unpaired) electrons. The van der Waals surface area contributed by atoms with Crippen molar-refractivity contribution in [3.05, 3.63) is 89.6 Å². The largest absolute Gasteiger partial charge is 0.508 e. The Morgan fingerprint density at radius 3 is 2.21 bits per heavy atom. The van der Waals surface area contributed by atoms with E-state index >= 15 is 8.78 Å². The van der Waals surface area contributed by atoms with E-state index in [1.165, 1.54) is 55.0 Å². The number of pyridine rings is 2. The first-order valence-corrected chi connectivity index (χ1v) is 30.3. The van der Waals surface area contributed by atoms with Gasteiger partial charge in [-0.1, -0.05) is 24.5 Å². The number of ether oxygens (including phenoxy) is 3. The number of nitrogens with zero attached hydrogens (tertiary/aromatic N) is 10. The van der Waals surface area contributed by atoms with E-state index in [4.69, 9.17) is 25.6 Å². The smallest absolute Gasteiger partial charge is 0.417 e. The molecule has 15 rings (SSSR count). The van der Waals surface area contributed by atoms with Crippen LogP contribution >= 0.6 is 0 Å². The molecular weight excluding hydrogens is 1160 g/mol. The molecule has 17 nitrogen and oxygen atoms in total. The van der Waals surface area contributed by atoms with Gasteiger partial charge in [-0.25, -0.2) is 17.6 Å². The van der Waals surface area contributed by atoms with Crippen LogP contribution in [0.4, 0.5) is 42.4 Å². The number of aromatic nitrogens is 7. The summed E-state index contributed by atoms with van der Waals surface area (Å²) in [5, 5.41) is 33.5. The number of terminal acetylenes is 1. The summed E-state index contributed by atoms with van der Waals surface area (Å²) in [7, 11) is 2.17. The third-order valence-electron chi connectivity index (χ3n) is 19.8. The number of rotatable bonds is 10. The van der Waals surface area contributed by atoms with Crippen LogP contribution in [0.2, 0.25) is 0 Å². The number of H-pyrrole nitrogens is 1. The summed E-state index contributed by atoms with van der Waals surface area (Å²) in [6.45, 7) is 6.06. The molecule has 24 heteroatoms. The van der Waals surface area contributed by atoms with Gasteiger partial charge in [-0.15, -0.1) is 6.42 Å². The SMILES string of the molecule is C#Cc1c(F)ccc2cc(O)cc(-c3ncc4c(N5CCC6CC6(O)C5)nc(OCC56CCCC5N(C)CCC6)nc4c3F)c12.CC1(O)COCCN(c2nc(OCC34CCCN3CC(F)C4)nc3c(F)c(-c4c[nH]c5cccc(C(F)(F)F)c45)ncc23)C1. The van der Waals surface area contributed by atoms with Crippen molar-refractivity contribution in [3.63, 3.8) is 0 Å². The number of phenolic OH excluding ortho intramolecular Hbond substituents is 1. The van der Waals surface area contributed by atoms with Gasteiger partial charge in [0.05, 0.1) is 59.4 Å². The van der Waals surface area contributed by atoms with Crippen LogP contribution < -0.4 is 19.3 Å². The van der Waals surface area contributed by atoms with E-state index in [1.54, 1.807) is 11.8 Å². The van der Waals surface area contributed by atoms with E-state index in [2.05, 4.69) is 52.7 Å². The molecule has 8 aromatic rings. The molecule has 7 fully saturated rings. The summed E-state index contributed by atoms with van der Waals surface area (Å²) in [6.07, 6.45) is 13.1. The molecule has 5 aliphatic heterocycles. The molecule has 4 N–H and O–H groups in total. The number of aromatic amines is 1. The Kier molecular flexibility index (Phi) is 14.6. The number of β-amino-alcohol motifs (C(OH)–C–C–N with tert-alkyl or cyclic N) is 2. The monoisotopic (exact) mass is 1230 g/mol. The average Bonchev–Trinajstić information content (AvgIpc) is 1.78. The van der Waals surface area contributed by atoms with Gasteiger partial charge in [-0.3, -0.25) is 14.9 Å². The standard InChI is InChI=1S/C35H35F2N5O3.C30H31F5N6O3/c1-3-23-26(36)8-7-20-14-22(43)15-24(28(20)23)30-29(37)31-25(17-38-30)32(42-13-9-21-16-35(21,44)18-42)40-33(39-31)45-19-34-10-4-6-27(34)41(2)12-5-11-34;1-28(42)14-40(8-9-43-15-28)26-19-12-37-24(18-11-36-21-5-2-4-20(22(18)21)30(33,34)35)23(32)25(19)38-27(39-26)44-16-29-6-3-7-41(29)13-17(31)10-29/h1,7-8,14-15,17,21,27,43-44H,4-6,9-13,16,18-19H2,2H3;2,4-5,11-12,17,36,42H,3,6-10,13-16H2,1H3. The Balaban J connectivity index is 0.000000156. The number of phenols is 1. The Bertz CT molecular complexity index is 4170. The molecule has 5 saturated heterocycles. The fourth-order valence-corrected chi connectivity index (χ4v) is 15.4. The molecule has 2 saturated carbocycles. The Morgan fingerprint density at radius 2 is 1.49 bits per heavy atom. The zero-order valence-electron chi connectivity index (χ0n) is 49.1. The van der Waals surface area contributed by atoms with Gasteiger partial charge in [-0.2, -0.15) is 33.1 Å². The van der Waals surface area contributed by atoms with Crippen molar-refractivity contribution in [2.75, 3.05) is 89.1 Å². The van der Waals surface area contributed by atoms with Gasteiger partial charge >= 0.3 is 18.2 Å². The molecule has 5 aromatic heterocycles. The number of nitrogens with one attached hydrogen (secondary N) is 1. The number of hydrogen-bond acceptors (Lipinski definition) is 16. The van der Waals surface area contributed by atoms with Crippen molar-refractivity contribution >= 4 is 55.1 Å². The minimum absolute atomic E-state index is 0.00120. The molecule has 466 valence electrons. The number of benzene rings is 3. The Morgan fingerprint density at radius 1 is 0.798 bits per heavy atom. The zero-order chi connectivity index (χ0) is 61.9. The van der Waals surface area contributed by atoms with E-state index in [1.807, 2.05) is 4.90 Å². The van der Waals surface area contributed by atoms with Gasteiger partial charge in [0.1, 0.15) is 64.0 Å². The lowest BCUT2D eigenvalue weighted by Crippen LogP contribution is -2.50. The maximum atomic E-state index is 16.8. The number of aliphatic hydroxyl groups is 2. The molecule has 7 atom stereocenters. The van der Waals surface area contributed by atoms with Crippen molar-refractivity contribution in [1.29, 1.82) is 0 Å². The van der Waals surface area contributed by atoms with E-state index in [0.29, 0.717) is 61.8 Å². The van der Waals surface area contributed by atoms with Gasteiger partial charge in [-0.05, 0) is 120 Å². The highest BCUT2D eigenvalue weighted by Gasteiger charge is 2.56. The highest BCUT2D eigenvalue weighted by molar-refractivity contribution is 6.03. The average molecular weight is 1230 g/mol. The quantitative estimate of drug-likeness (QED) is 0.0745. The molecular formula is C65H66F7N11O6. The van der Waals surface area contributed by atoms with Crippen LogP contribution in [0.15, 0.2) is 61.1 Å². The lowest BCUT2D eigenvalue weighted by Gasteiger charge is -2.44. The summed E-state index contributed by atoms with van der Waals surface area (Å²) in [5.74, 6) is 0.882. The summed E-state index contributed by atoms with van der Waals surface area (Å²) in [5.41, 5.74) is -3.88. The minimum Gasteiger partial charge on any atom is -0.508 e. The first kappa shape index (κ1) is 59.0. The third kappa shape index (κ3) is 10.5. The number of alkyl halides is 4. The first-order chi connectivity index (χ1) is 42.6. The van der Waals surface area contributed by atoms with E-state index < -0.39 is 52.1 Å². The van der Waals surface area contributed by atoms with E-state index in [-0.39, 0.29) is 122 Å². The Hall–Kier alpha value is -7.69. The van der Waals surface area contributed by atoms with Crippen molar-refractivity contribution < 1.29 is 60.3 Å². The fraction of sp³-hybridized carbons (Fsp3) is 0.477. The number of hydrogen-bond donors (Lipinski definition) is 4. The van der Waals surface area contributed by atoms with Gasteiger partial charge in [0.15, 0.2) is 11.6 Å². The highest BCUT2D eigenvalue weighted by Crippen LogP contribution is 2.52. The number of piperidine rings is 2. The second-order valence-electron chi connectivity index (χ2n) is 25.8. The Labute approximate surface area is 507 Å². The molecule has 2 aliphatic carbocycles. The predicted molar refractivity (Wildman–Crippen MR) is 319 cm³/mol. The first-order valence-electron chi connectivity index (χ1n) is 30.3. The lowest BCUT2D eigenvalue weighted by atomic mass is 9.76. The molecule has 10 heterocycles. The lowest BCUT2D eigenvalue weighted by molar-refractivity contribution is -0.136. The number of halogens is 7. The second-order valence-corrected chi connectivity index (χ2v) is 25.8.